The molecule has 236 valence electrons. The van der Waals surface area contributed by atoms with Crippen LogP contribution in [0, 0.1) is 5.82 Å². The van der Waals surface area contributed by atoms with Gasteiger partial charge in [0.2, 0.25) is 17.7 Å². The first kappa shape index (κ1) is 32.9. The Hall–Kier alpha value is -4.98. The number of aromatic nitrogens is 3. The van der Waals surface area contributed by atoms with Crippen LogP contribution < -0.4 is 22.1 Å². The molecular weight excluding hydrogens is 620 g/mol. The summed E-state index contributed by atoms with van der Waals surface area (Å²) in [6, 6.07) is 14.0. The van der Waals surface area contributed by atoms with Crippen molar-refractivity contribution in [1.29, 1.82) is 0 Å². The molecule has 0 radical (unpaired) electrons. The molecule has 0 fully saturated rings. The van der Waals surface area contributed by atoms with Gasteiger partial charge in [0.1, 0.15) is 23.9 Å². The summed E-state index contributed by atoms with van der Waals surface area (Å²) in [5, 5.41) is 9.11. The quantitative estimate of drug-likeness (QED) is 0.225. The molecule has 0 spiro atoms. The summed E-state index contributed by atoms with van der Waals surface area (Å²) in [4.78, 5) is 51.8. The number of amides is 3. The van der Waals surface area contributed by atoms with Gasteiger partial charge in [-0.25, -0.2) is 13.9 Å². The van der Waals surface area contributed by atoms with Crippen LogP contribution in [0.2, 0.25) is 5.02 Å². The highest BCUT2D eigenvalue weighted by Crippen LogP contribution is 2.35. The minimum atomic E-state index is -4.91. The lowest BCUT2D eigenvalue weighted by atomic mass is 9.97. The van der Waals surface area contributed by atoms with E-state index in [1.165, 1.54) is 50.2 Å². The van der Waals surface area contributed by atoms with Crippen molar-refractivity contribution < 1.29 is 31.9 Å². The molecule has 3 amide bonds. The second-order valence-corrected chi connectivity index (χ2v) is 10.9. The van der Waals surface area contributed by atoms with Crippen LogP contribution in [-0.2, 0) is 33.6 Å². The zero-order valence-electron chi connectivity index (χ0n) is 23.9. The summed E-state index contributed by atoms with van der Waals surface area (Å²) >= 11 is 5.99. The number of halogens is 5. The van der Waals surface area contributed by atoms with Gasteiger partial charge in [-0.05, 0) is 55.8 Å². The fraction of sp³-hybridized carbons (Fsp3) is 0.233. The van der Waals surface area contributed by atoms with E-state index in [1.54, 1.807) is 18.2 Å². The Balaban J connectivity index is 1.72. The molecule has 0 saturated carbocycles. The molecular formula is C30H27ClF4N6O4. The number of carbonyl (C=O) groups is 3. The SMILES string of the molecule is CC(C)(NC(=O)C(NC(=O)Cn1nc(-c2ccc(Cl)cc2)n(Cc2ccccc2F)c1=O)c1ccccc1C(F)(F)F)C(N)=O. The number of nitrogens with zero attached hydrogens (tertiary/aromatic N) is 3. The van der Waals surface area contributed by atoms with Crippen LogP contribution in [0.5, 0.6) is 0 Å². The van der Waals surface area contributed by atoms with E-state index in [1.807, 2.05) is 0 Å². The molecule has 10 nitrogen and oxygen atoms in total. The predicted molar refractivity (Wildman–Crippen MR) is 156 cm³/mol. The molecule has 4 rings (SSSR count). The summed E-state index contributed by atoms with van der Waals surface area (Å²) in [6.45, 7) is 1.38. The molecule has 1 atom stereocenters. The lowest BCUT2D eigenvalue weighted by molar-refractivity contribution is -0.140. The number of carbonyl (C=O) groups excluding carboxylic acids is 3. The largest absolute Gasteiger partial charge is 0.416 e. The Kier molecular flexibility index (Phi) is 9.47. The van der Waals surface area contributed by atoms with Crippen LogP contribution in [0.3, 0.4) is 0 Å². The topological polar surface area (TPSA) is 141 Å². The number of primary amides is 1. The number of nitrogens with two attached hydrogens (primary N) is 1. The van der Waals surface area contributed by atoms with Gasteiger partial charge in [-0.1, -0.05) is 48.0 Å². The molecule has 45 heavy (non-hydrogen) atoms. The number of hydrogen-bond donors (Lipinski definition) is 3. The molecule has 0 aliphatic rings. The molecule has 0 bridgehead atoms. The first-order valence-corrected chi connectivity index (χ1v) is 13.7. The molecule has 1 heterocycles. The van der Waals surface area contributed by atoms with Gasteiger partial charge >= 0.3 is 11.9 Å². The Bertz CT molecular complexity index is 1800. The summed E-state index contributed by atoms with van der Waals surface area (Å²) in [5.74, 6) is -3.75. The molecule has 1 aromatic heterocycles. The van der Waals surface area contributed by atoms with Crippen molar-refractivity contribution >= 4 is 29.3 Å². The van der Waals surface area contributed by atoms with Crippen LogP contribution in [0.4, 0.5) is 17.6 Å². The van der Waals surface area contributed by atoms with Crippen molar-refractivity contribution in [3.8, 4) is 11.4 Å². The highest BCUT2D eigenvalue weighted by molar-refractivity contribution is 6.30. The monoisotopic (exact) mass is 646 g/mol. The third-order valence-electron chi connectivity index (χ3n) is 6.80. The van der Waals surface area contributed by atoms with Crippen LogP contribution in [0.25, 0.3) is 11.4 Å². The van der Waals surface area contributed by atoms with Gasteiger partial charge < -0.3 is 16.4 Å². The van der Waals surface area contributed by atoms with E-state index < -0.39 is 64.7 Å². The molecule has 3 aromatic carbocycles. The third-order valence-corrected chi connectivity index (χ3v) is 7.05. The number of alkyl halides is 3. The summed E-state index contributed by atoms with van der Waals surface area (Å²) < 4.78 is 58.1. The van der Waals surface area contributed by atoms with Crippen molar-refractivity contribution in [3.05, 3.63) is 111 Å². The van der Waals surface area contributed by atoms with E-state index >= 15 is 0 Å². The minimum absolute atomic E-state index is 0.0487. The third kappa shape index (κ3) is 7.58. The first-order chi connectivity index (χ1) is 21.1. The van der Waals surface area contributed by atoms with E-state index in [0.29, 0.717) is 10.6 Å². The van der Waals surface area contributed by atoms with E-state index in [-0.39, 0.29) is 17.9 Å². The average molecular weight is 647 g/mol. The van der Waals surface area contributed by atoms with Gasteiger partial charge in [-0.3, -0.25) is 19.0 Å². The van der Waals surface area contributed by atoms with Gasteiger partial charge in [0.25, 0.3) is 0 Å². The van der Waals surface area contributed by atoms with E-state index in [9.17, 15) is 36.7 Å². The van der Waals surface area contributed by atoms with Crippen molar-refractivity contribution in [2.75, 3.05) is 0 Å². The molecule has 15 heteroatoms. The van der Waals surface area contributed by atoms with Crippen molar-refractivity contribution in [1.82, 2.24) is 25.0 Å². The van der Waals surface area contributed by atoms with Gasteiger partial charge in [-0.2, -0.15) is 13.2 Å². The average Bonchev–Trinajstić information content (AvgIpc) is 3.26. The number of benzene rings is 3. The van der Waals surface area contributed by atoms with Gasteiger partial charge in [0, 0.05) is 16.1 Å². The van der Waals surface area contributed by atoms with E-state index in [2.05, 4.69) is 15.7 Å². The van der Waals surface area contributed by atoms with Crippen LogP contribution in [0.15, 0.2) is 77.6 Å². The van der Waals surface area contributed by atoms with Crippen molar-refractivity contribution in [2.24, 2.45) is 5.73 Å². The fourth-order valence-corrected chi connectivity index (χ4v) is 4.50. The minimum Gasteiger partial charge on any atom is -0.368 e. The van der Waals surface area contributed by atoms with E-state index in [4.69, 9.17) is 17.3 Å². The van der Waals surface area contributed by atoms with Crippen molar-refractivity contribution in [3.63, 3.8) is 0 Å². The van der Waals surface area contributed by atoms with Gasteiger partial charge in [-0.15, -0.1) is 5.10 Å². The Labute approximate surface area is 258 Å². The molecule has 4 N–H and O–H groups in total. The normalized spacial score (nSPS) is 12.4. The first-order valence-electron chi connectivity index (χ1n) is 13.3. The van der Waals surface area contributed by atoms with Gasteiger partial charge in [0.05, 0.1) is 12.1 Å². The lowest BCUT2D eigenvalue weighted by Gasteiger charge is -2.27. The highest BCUT2D eigenvalue weighted by atomic mass is 35.5. The standard InChI is InChI=1S/C30H27ClF4N6O4/c1-29(2,27(36)44)38-26(43)24(20-8-4-5-9-21(20)30(33,34)35)37-23(42)16-41-28(45)40(15-18-7-3-6-10-22(18)32)25(39-41)17-11-13-19(31)14-12-17/h3-14,24H,15-16H2,1-2H3,(H2,36,44)(H,37,42)(H,38,43). The molecule has 0 saturated heterocycles. The van der Waals surface area contributed by atoms with E-state index in [0.717, 1.165) is 27.4 Å². The lowest BCUT2D eigenvalue weighted by Crippen LogP contribution is -2.56. The predicted octanol–water partition coefficient (Wildman–Crippen LogP) is 3.81. The maximum Gasteiger partial charge on any atom is 0.416 e. The van der Waals surface area contributed by atoms with Gasteiger partial charge in [0.15, 0.2) is 5.82 Å². The summed E-state index contributed by atoms with van der Waals surface area (Å²) in [7, 11) is 0. The maximum atomic E-state index is 14.5. The molecule has 4 aromatic rings. The second kappa shape index (κ2) is 12.9. The van der Waals surface area contributed by atoms with Crippen LogP contribution in [-0.4, -0.2) is 37.6 Å². The zero-order valence-corrected chi connectivity index (χ0v) is 24.6. The van der Waals surface area contributed by atoms with Crippen molar-refractivity contribution in [2.45, 2.75) is 44.7 Å². The number of rotatable bonds is 10. The summed E-state index contributed by atoms with van der Waals surface area (Å²) in [6.07, 6.45) is -4.91. The fourth-order valence-electron chi connectivity index (χ4n) is 4.37. The zero-order chi connectivity index (χ0) is 33.1. The molecule has 1 unspecified atom stereocenters. The smallest absolute Gasteiger partial charge is 0.368 e. The highest BCUT2D eigenvalue weighted by Gasteiger charge is 2.39. The Morgan fingerprint density at radius 1 is 0.978 bits per heavy atom. The number of hydrogen-bond acceptors (Lipinski definition) is 5. The molecule has 0 aliphatic heterocycles. The summed E-state index contributed by atoms with van der Waals surface area (Å²) in [5.41, 5.74) is 1.50. The molecule has 0 aliphatic carbocycles. The Morgan fingerprint density at radius 3 is 2.22 bits per heavy atom. The number of nitrogens with one attached hydrogen (secondary N) is 2. The second-order valence-electron chi connectivity index (χ2n) is 10.5. The maximum absolute atomic E-state index is 14.5. The van der Waals surface area contributed by atoms with Crippen LogP contribution >= 0.6 is 11.6 Å². The Morgan fingerprint density at radius 2 is 1.60 bits per heavy atom. The van der Waals surface area contributed by atoms with Crippen LogP contribution in [0.1, 0.15) is 36.6 Å².